The summed E-state index contributed by atoms with van der Waals surface area (Å²) in [5.41, 5.74) is 2.85. The Bertz CT molecular complexity index is 461. The molecule has 3 nitrogen and oxygen atoms in total. The van der Waals surface area contributed by atoms with Gasteiger partial charge in [0, 0.05) is 23.5 Å². The maximum Gasteiger partial charge on any atom is 0.179 e. The van der Waals surface area contributed by atoms with Gasteiger partial charge in [0.25, 0.3) is 0 Å². The van der Waals surface area contributed by atoms with E-state index in [0.717, 1.165) is 30.1 Å². The largest absolute Gasteiger partial charge is 0.376 e. The Labute approximate surface area is 126 Å². The number of rotatable bonds is 6. The summed E-state index contributed by atoms with van der Waals surface area (Å²) in [5.74, 6) is 0.0438. The predicted molar refractivity (Wildman–Crippen MR) is 81.8 cm³/mol. The third kappa shape index (κ3) is 3.64. The third-order valence-electron chi connectivity index (χ3n) is 4.22. The van der Waals surface area contributed by atoms with Gasteiger partial charge in [-0.1, -0.05) is 19.3 Å². The summed E-state index contributed by atoms with van der Waals surface area (Å²) < 4.78 is 8.12. The molecule has 20 heavy (non-hydrogen) atoms. The zero-order valence-corrected chi connectivity index (χ0v) is 13.2. The molecule has 1 fully saturated rings. The third-order valence-corrected chi connectivity index (χ3v) is 4.46. The molecule has 2 rings (SSSR count). The van der Waals surface area contributed by atoms with Crippen LogP contribution in [0.2, 0.25) is 0 Å². The molecule has 0 atom stereocenters. The van der Waals surface area contributed by atoms with Crippen molar-refractivity contribution in [1.82, 2.24) is 4.57 Å². The first-order valence-electron chi connectivity index (χ1n) is 7.51. The summed E-state index contributed by atoms with van der Waals surface area (Å²) in [6.45, 7) is 5.53. The molecule has 0 aliphatic heterocycles. The molecule has 0 N–H and O–H groups in total. The van der Waals surface area contributed by atoms with Crippen molar-refractivity contribution in [2.24, 2.45) is 0 Å². The van der Waals surface area contributed by atoms with Crippen LogP contribution < -0.4 is 0 Å². The Hall–Kier alpha value is -0.800. The van der Waals surface area contributed by atoms with Gasteiger partial charge >= 0.3 is 0 Å². The van der Waals surface area contributed by atoms with Crippen LogP contribution in [0.3, 0.4) is 0 Å². The van der Waals surface area contributed by atoms with Gasteiger partial charge in [-0.2, -0.15) is 0 Å². The topological polar surface area (TPSA) is 31.2 Å². The SMILES string of the molecule is Cc1cc(C(=O)CCl)c(C)n1CCOC1CCCCC1. The molecule has 112 valence electrons. The van der Waals surface area contributed by atoms with Gasteiger partial charge < -0.3 is 9.30 Å². The number of aromatic nitrogens is 1. The molecule has 1 aromatic rings. The molecule has 1 aromatic heterocycles. The zero-order chi connectivity index (χ0) is 14.5. The standard InChI is InChI=1S/C16H24ClNO2/c1-12-10-15(16(19)11-17)13(2)18(12)8-9-20-14-6-4-3-5-7-14/h10,14H,3-9,11H2,1-2H3. The summed E-state index contributed by atoms with van der Waals surface area (Å²) in [5, 5.41) is 0. The van der Waals surface area contributed by atoms with Gasteiger partial charge in [-0.3, -0.25) is 4.79 Å². The maximum absolute atomic E-state index is 11.7. The fraction of sp³-hybridized carbons (Fsp3) is 0.688. The van der Waals surface area contributed by atoms with Crippen molar-refractivity contribution in [2.45, 2.75) is 58.6 Å². The van der Waals surface area contributed by atoms with Crippen LogP contribution in [-0.2, 0) is 11.3 Å². The van der Waals surface area contributed by atoms with Crippen molar-refractivity contribution in [3.63, 3.8) is 0 Å². The highest BCUT2D eigenvalue weighted by Gasteiger charge is 2.16. The van der Waals surface area contributed by atoms with E-state index in [0.29, 0.717) is 6.10 Å². The molecule has 1 aliphatic carbocycles. The predicted octanol–water partition coefficient (Wildman–Crippen LogP) is 3.88. The van der Waals surface area contributed by atoms with Gasteiger partial charge in [0.1, 0.15) is 0 Å². The molecule has 0 spiro atoms. The van der Waals surface area contributed by atoms with Crippen molar-refractivity contribution in [1.29, 1.82) is 0 Å². The molecule has 0 unspecified atom stereocenters. The van der Waals surface area contributed by atoms with E-state index in [1.165, 1.54) is 32.1 Å². The maximum atomic E-state index is 11.7. The normalized spacial score (nSPS) is 16.6. The second-order valence-electron chi connectivity index (χ2n) is 5.62. The van der Waals surface area contributed by atoms with Crippen molar-refractivity contribution in [3.05, 3.63) is 23.0 Å². The average Bonchev–Trinajstić information content (AvgIpc) is 2.75. The van der Waals surface area contributed by atoms with E-state index in [-0.39, 0.29) is 11.7 Å². The van der Waals surface area contributed by atoms with Crippen molar-refractivity contribution in [3.8, 4) is 0 Å². The second kappa shape index (κ2) is 7.28. The highest BCUT2D eigenvalue weighted by atomic mass is 35.5. The van der Waals surface area contributed by atoms with Crippen LogP contribution in [0.25, 0.3) is 0 Å². The van der Waals surface area contributed by atoms with Crippen molar-refractivity contribution >= 4 is 17.4 Å². The summed E-state index contributed by atoms with van der Waals surface area (Å²) in [6.07, 6.45) is 6.75. The lowest BCUT2D eigenvalue weighted by molar-refractivity contribution is 0.0237. The Morgan fingerprint density at radius 3 is 2.70 bits per heavy atom. The number of nitrogens with zero attached hydrogens (tertiary/aromatic N) is 1. The Morgan fingerprint density at radius 1 is 1.35 bits per heavy atom. The van der Waals surface area contributed by atoms with Crippen LogP contribution in [0, 0.1) is 13.8 Å². The lowest BCUT2D eigenvalue weighted by atomic mass is 9.98. The van der Waals surface area contributed by atoms with Gasteiger partial charge in [0.2, 0.25) is 0 Å². The summed E-state index contributed by atoms with van der Waals surface area (Å²) in [6, 6.07) is 1.93. The minimum absolute atomic E-state index is 0.000726. The number of aryl methyl sites for hydroxylation is 1. The van der Waals surface area contributed by atoms with E-state index in [9.17, 15) is 4.79 Å². The van der Waals surface area contributed by atoms with E-state index in [4.69, 9.17) is 16.3 Å². The van der Waals surface area contributed by atoms with Gasteiger partial charge in [0.05, 0.1) is 18.6 Å². The molecule has 1 heterocycles. The molecule has 0 bridgehead atoms. The lowest BCUT2D eigenvalue weighted by Crippen LogP contribution is -2.20. The number of ketones is 1. The summed E-state index contributed by atoms with van der Waals surface area (Å²) >= 11 is 5.64. The molecule has 1 aliphatic rings. The van der Waals surface area contributed by atoms with Crippen LogP contribution in [0.15, 0.2) is 6.07 Å². The second-order valence-corrected chi connectivity index (χ2v) is 5.89. The smallest absolute Gasteiger partial charge is 0.179 e. The first kappa shape index (κ1) is 15.6. The van der Waals surface area contributed by atoms with Crippen LogP contribution >= 0.6 is 11.6 Å². The van der Waals surface area contributed by atoms with Gasteiger partial charge in [-0.25, -0.2) is 0 Å². The summed E-state index contributed by atoms with van der Waals surface area (Å²) in [7, 11) is 0. The monoisotopic (exact) mass is 297 g/mol. The zero-order valence-electron chi connectivity index (χ0n) is 12.5. The van der Waals surface area contributed by atoms with Crippen LogP contribution in [0.1, 0.15) is 53.8 Å². The quantitative estimate of drug-likeness (QED) is 0.589. The highest BCUT2D eigenvalue weighted by molar-refractivity contribution is 6.30. The van der Waals surface area contributed by atoms with Crippen molar-refractivity contribution in [2.75, 3.05) is 12.5 Å². The minimum atomic E-state index is -0.000726. The van der Waals surface area contributed by atoms with E-state index in [1.807, 2.05) is 19.9 Å². The van der Waals surface area contributed by atoms with E-state index >= 15 is 0 Å². The van der Waals surface area contributed by atoms with Gasteiger partial charge in [-0.05, 0) is 32.8 Å². The number of alkyl halides is 1. The van der Waals surface area contributed by atoms with E-state index < -0.39 is 0 Å². The molecule has 0 amide bonds. The molecule has 4 heteroatoms. The Balaban J connectivity index is 1.92. The Kier molecular flexibility index (Phi) is 5.67. The number of ether oxygens (including phenoxy) is 1. The first-order valence-corrected chi connectivity index (χ1v) is 8.04. The molecular weight excluding hydrogens is 274 g/mol. The molecular formula is C16H24ClNO2. The van der Waals surface area contributed by atoms with Gasteiger partial charge in [-0.15, -0.1) is 11.6 Å². The fourth-order valence-corrected chi connectivity index (χ4v) is 3.19. The number of Topliss-reactive ketones (excluding diaryl/α,β-unsaturated/α-hetero) is 1. The summed E-state index contributed by atoms with van der Waals surface area (Å²) in [4.78, 5) is 11.7. The molecule has 0 saturated heterocycles. The number of hydrogen-bond acceptors (Lipinski definition) is 2. The number of halogens is 1. The van der Waals surface area contributed by atoms with Crippen LogP contribution in [0.4, 0.5) is 0 Å². The molecule has 0 aromatic carbocycles. The van der Waals surface area contributed by atoms with E-state index in [1.54, 1.807) is 0 Å². The van der Waals surface area contributed by atoms with Crippen LogP contribution in [-0.4, -0.2) is 28.9 Å². The molecule has 0 radical (unpaired) electrons. The Morgan fingerprint density at radius 2 is 2.05 bits per heavy atom. The van der Waals surface area contributed by atoms with Crippen molar-refractivity contribution < 1.29 is 9.53 Å². The molecule has 1 saturated carbocycles. The fourth-order valence-electron chi connectivity index (χ4n) is 3.04. The van der Waals surface area contributed by atoms with E-state index in [2.05, 4.69) is 4.57 Å². The first-order chi connectivity index (χ1) is 9.63. The van der Waals surface area contributed by atoms with Gasteiger partial charge in [0.15, 0.2) is 5.78 Å². The lowest BCUT2D eigenvalue weighted by Gasteiger charge is -2.22. The highest BCUT2D eigenvalue weighted by Crippen LogP contribution is 2.21. The minimum Gasteiger partial charge on any atom is -0.376 e. The number of carbonyl (C=O) groups is 1. The van der Waals surface area contributed by atoms with Crippen LogP contribution in [0.5, 0.6) is 0 Å². The number of hydrogen-bond donors (Lipinski definition) is 0. The average molecular weight is 298 g/mol. The number of carbonyl (C=O) groups excluding carboxylic acids is 1.